The minimum Gasteiger partial charge on any atom is -0.478 e. The lowest BCUT2D eigenvalue weighted by atomic mass is 9.86. The number of rotatable bonds is 5. The van der Waals surface area contributed by atoms with Crippen molar-refractivity contribution in [2.45, 2.75) is 66.2 Å². The van der Waals surface area contributed by atoms with Crippen molar-refractivity contribution in [3.63, 3.8) is 0 Å². The van der Waals surface area contributed by atoms with Crippen LogP contribution in [0, 0.1) is 13.8 Å². The lowest BCUT2D eigenvalue weighted by molar-refractivity contribution is -0.130. The van der Waals surface area contributed by atoms with Crippen LogP contribution in [0.5, 0.6) is 0 Å². The molecule has 206 valence electrons. The summed E-state index contributed by atoms with van der Waals surface area (Å²) in [4.78, 5) is 41.9. The van der Waals surface area contributed by atoms with E-state index < -0.39 is 11.9 Å². The molecule has 40 heavy (non-hydrogen) atoms. The Balaban J connectivity index is 2.09. The molecular weight excluding hydrogens is 504 g/mol. The fourth-order valence-electron chi connectivity index (χ4n) is 6.21. The predicted octanol–water partition coefficient (Wildman–Crippen LogP) is 7.15. The van der Waals surface area contributed by atoms with Crippen molar-refractivity contribution < 1.29 is 19.8 Å². The van der Waals surface area contributed by atoms with E-state index in [1.54, 1.807) is 6.92 Å². The van der Waals surface area contributed by atoms with E-state index >= 15 is 0 Å². The van der Waals surface area contributed by atoms with Crippen molar-refractivity contribution in [1.29, 1.82) is 0 Å². The van der Waals surface area contributed by atoms with E-state index in [-0.39, 0.29) is 28.7 Å². The molecule has 0 radical (unpaired) electrons. The number of fused-ring (bicyclic) bond motifs is 8. The summed E-state index contributed by atoms with van der Waals surface area (Å²) in [5.74, 6) is -2.75. The molecule has 8 heteroatoms. The van der Waals surface area contributed by atoms with Gasteiger partial charge in [0.25, 0.3) is 0 Å². The van der Waals surface area contributed by atoms with Gasteiger partial charge < -0.3 is 20.2 Å². The number of H-pyrrole nitrogens is 2. The molecular formula is C32H34N4O4. The Kier molecular flexibility index (Phi) is 6.74. The topological polar surface area (TPSA) is 132 Å². The number of hydrogen-bond donors (Lipinski definition) is 4. The van der Waals surface area contributed by atoms with Gasteiger partial charge in [0, 0.05) is 45.2 Å². The van der Waals surface area contributed by atoms with E-state index in [9.17, 15) is 19.8 Å². The number of carboxylic acid groups (broad SMARTS) is 2. The fraction of sp³-hybridized carbons (Fsp3) is 0.312. The van der Waals surface area contributed by atoms with Gasteiger partial charge in [0.15, 0.2) is 0 Å². The lowest BCUT2D eigenvalue weighted by Gasteiger charge is -2.15. The minimum atomic E-state index is -1.24. The van der Waals surface area contributed by atoms with Crippen LogP contribution in [-0.2, 0) is 11.2 Å². The monoisotopic (exact) mass is 538 g/mol. The molecule has 0 aromatic carbocycles. The van der Waals surface area contributed by atoms with Crippen LogP contribution in [0.15, 0.2) is 24.8 Å². The molecule has 0 amide bonds. The lowest BCUT2D eigenvalue weighted by Crippen LogP contribution is -2.12. The van der Waals surface area contributed by atoms with Crippen molar-refractivity contribution >= 4 is 51.2 Å². The molecule has 5 heterocycles. The maximum Gasteiger partial charge on any atom is 0.339 e. The summed E-state index contributed by atoms with van der Waals surface area (Å²) in [5.41, 5.74) is 9.26. The summed E-state index contributed by atoms with van der Waals surface area (Å²) in [6.07, 6.45) is 3.22. The first kappa shape index (κ1) is 27.1. The number of carboxylic acids is 2. The molecule has 2 aliphatic rings. The zero-order valence-corrected chi connectivity index (χ0v) is 23.7. The van der Waals surface area contributed by atoms with Crippen LogP contribution < -0.4 is 0 Å². The van der Waals surface area contributed by atoms with E-state index in [1.165, 1.54) is 0 Å². The third kappa shape index (κ3) is 4.06. The second kappa shape index (κ2) is 9.93. The van der Waals surface area contributed by atoms with Gasteiger partial charge in [-0.2, -0.15) is 0 Å². The SMILES string of the molecule is C=Cc1c(C)c2cc3nc(c(C(=O)O)c4nc(cc5[nH]c(cc1[nH]2)c(C)c5CC)C(C)=C4C(=O)O)[C@@H](CC)[C@@H]3C. The van der Waals surface area contributed by atoms with Gasteiger partial charge in [-0.1, -0.05) is 33.4 Å². The number of aromatic amines is 2. The molecule has 4 N–H and O–H groups in total. The average Bonchev–Trinajstić information content (AvgIpc) is 3.57. The van der Waals surface area contributed by atoms with Crippen LogP contribution in [0.1, 0.15) is 101 Å². The normalized spacial score (nSPS) is 16.9. The van der Waals surface area contributed by atoms with Crippen LogP contribution in [0.2, 0.25) is 0 Å². The highest BCUT2D eigenvalue weighted by molar-refractivity contribution is 6.26. The van der Waals surface area contributed by atoms with Gasteiger partial charge in [-0.3, -0.25) is 4.98 Å². The molecule has 0 aliphatic carbocycles. The van der Waals surface area contributed by atoms with E-state index in [2.05, 4.69) is 41.4 Å². The van der Waals surface area contributed by atoms with Crippen molar-refractivity contribution in [2.75, 3.05) is 0 Å². The molecule has 3 aromatic heterocycles. The predicted molar refractivity (Wildman–Crippen MR) is 158 cm³/mol. The number of aromatic nitrogens is 4. The Bertz CT molecular complexity index is 1810. The van der Waals surface area contributed by atoms with Gasteiger partial charge in [-0.25, -0.2) is 14.6 Å². The molecule has 8 nitrogen and oxygen atoms in total. The van der Waals surface area contributed by atoms with Gasteiger partial charge in [0.05, 0.1) is 22.7 Å². The number of aryl methyl sites for hydroxylation is 3. The summed E-state index contributed by atoms with van der Waals surface area (Å²) in [5, 5.41) is 20.7. The van der Waals surface area contributed by atoms with E-state index in [0.29, 0.717) is 23.4 Å². The molecule has 8 bridgehead atoms. The Morgan fingerprint density at radius 2 is 1.62 bits per heavy atom. The summed E-state index contributed by atoms with van der Waals surface area (Å²) in [6.45, 7) is 15.9. The highest BCUT2D eigenvalue weighted by atomic mass is 16.4. The molecule has 0 unspecified atom stereocenters. The van der Waals surface area contributed by atoms with E-state index in [4.69, 9.17) is 4.98 Å². The first-order valence-corrected chi connectivity index (χ1v) is 13.6. The van der Waals surface area contributed by atoms with Crippen LogP contribution in [0.25, 0.3) is 39.3 Å². The molecule has 2 atom stereocenters. The second-order valence-electron chi connectivity index (χ2n) is 10.6. The van der Waals surface area contributed by atoms with Gasteiger partial charge in [0.2, 0.25) is 0 Å². The zero-order chi connectivity index (χ0) is 29.0. The molecule has 0 fully saturated rings. The van der Waals surface area contributed by atoms with Crippen LogP contribution in [0.4, 0.5) is 0 Å². The maximum absolute atomic E-state index is 12.8. The molecule has 0 saturated heterocycles. The Hall–Kier alpha value is -4.46. The van der Waals surface area contributed by atoms with Crippen LogP contribution >= 0.6 is 0 Å². The number of nitrogens with zero attached hydrogens (tertiary/aromatic N) is 2. The third-order valence-electron chi connectivity index (χ3n) is 8.50. The van der Waals surface area contributed by atoms with Gasteiger partial charge >= 0.3 is 11.9 Å². The standard InChI is InChI=1S/C32H34N4O4/c1-8-18-14(4)21-11-23-16(6)20(10-3)29(35-23)28(32(39)40)30-27(31(37)38)17(7)24(36-30)13-26-19(9-2)15(5)22(34-26)12-25(18)33-21/h8,11-13,16,20,33-34H,1,9-10H2,2-7H3,(H,37,38)(H,39,40)/t16-,20-/m0/s1. The number of allylic oxidation sites excluding steroid dienone is 1. The summed E-state index contributed by atoms with van der Waals surface area (Å²) in [6, 6.07) is 5.86. The van der Waals surface area contributed by atoms with E-state index in [1.807, 2.05) is 39.0 Å². The van der Waals surface area contributed by atoms with Gasteiger partial charge in [-0.15, -0.1) is 0 Å². The Morgan fingerprint density at radius 1 is 0.950 bits per heavy atom. The van der Waals surface area contributed by atoms with Crippen molar-refractivity contribution in [3.05, 3.63) is 75.4 Å². The fourth-order valence-corrected chi connectivity index (χ4v) is 6.21. The minimum absolute atomic E-state index is 0.0538. The molecule has 3 aromatic rings. The zero-order valence-electron chi connectivity index (χ0n) is 23.7. The molecule has 0 spiro atoms. The van der Waals surface area contributed by atoms with Crippen LogP contribution in [0.3, 0.4) is 0 Å². The third-order valence-corrected chi connectivity index (χ3v) is 8.50. The largest absolute Gasteiger partial charge is 0.478 e. The Labute approximate surface area is 232 Å². The summed E-state index contributed by atoms with van der Waals surface area (Å²) < 4.78 is 0. The second-order valence-corrected chi connectivity index (χ2v) is 10.6. The average molecular weight is 539 g/mol. The summed E-state index contributed by atoms with van der Waals surface area (Å²) >= 11 is 0. The number of aliphatic carboxylic acids is 1. The number of hydrogen-bond acceptors (Lipinski definition) is 4. The van der Waals surface area contributed by atoms with Crippen LogP contribution in [-0.4, -0.2) is 42.1 Å². The Morgan fingerprint density at radius 3 is 2.23 bits per heavy atom. The van der Waals surface area contributed by atoms with Crippen molar-refractivity contribution in [3.8, 4) is 0 Å². The molecule has 5 rings (SSSR count). The van der Waals surface area contributed by atoms with E-state index in [0.717, 1.165) is 56.4 Å². The highest BCUT2D eigenvalue weighted by Gasteiger charge is 2.36. The number of carbonyl (C=O) groups is 2. The van der Waals surface area contributed by atoms with Crippen molar-refractivity contribution in [2.24, 2.45) is 0 Å². The molecule has 2 aliphatic heterocycles. The number of aromatic carboxylic acids is 1. The quantitative estimate of drug-likeness (QED) is 0.273. The van der Waals surface area contributed by atoms with Crippen molar-refractivity contribution in [1.82, 2.24) is 19.9 Å². The smallest absolute Gasteiger partial charge is 0.339 e. The van der Waals surface area contributed by atoms with Gasteiger partial charge in [-0.05, 0) is 74.1 Å². The summed E-state index contributed by atoms with van der Waals surface area (Å²) in [7, 11) is 0. The first-order valence-electron chi connectivity index (χ1n) is 13.6. The first-order chi connectivity index (χ1) is 19.0. The highest BCUT2D eigenvalue weighted by Crippen LogP contribution is 2.42. The molecule has 0 saturated carbocycles. The maximum atomic E-state index is 12.8. The number of nitrogens with one attached hydrogen (secondary N) is 2. The van der Waals surface area contributed by atoms with Gasteiger partial charge in [0.1, 0.15) is 5.56 Å².